The van der Waals surface area contributed by atoms with Gasteiger partial charge in [0.25, 0.3) is 0 Å². The van der Waals surface area contributed by atoms with Crippen LogP contribution in [-0.2, 0) is 11.3 Å². The number of carbonyl (C=O) groups is 1. The van der Waals surface area contributed by atoms with E-state index in [2.05, 4.69) is 31.6 Å². The molecule has 0 saturated heterocycles. The molecule has 0 radical (unpaired) electrons. The van der Waals surface area contributed by atoms with E-state index in [1.807, 2.05) is 48.5 Å². The topological polar surface area (TPSA) is 59.8 Å². The van der Waals surface area contributed by atoms with Crippen molar-refractivity contribution in [3.05, 3.63) is 53.0 Å². The van der Waals surface area contributed by atoms with Crippen LogP contribution in [0.5, 0.6) is 0 Å². The molecule has 1 aromatic heterocycles. The van der Waals surface area contributed by atoms with Gasteiger partial charge in [0.2, 0.25) is 5.91 Å². The van der Waals surface area contributed by atoms with Crippen LogP contribution < -0.4 is 5.32 Å². The lowest BCUT2D eigenvalue weighted by molar-refractivity contribution is -0.116. The quantitative estimate of drug-likeness (QED) is 0.790. The average Bonchev–Trinajstić information content (AvgIpc) is 2.91. The molecular weight excluding hydrogens is 332 g/mol. The van der Waals surface area contributed by atoms with E-state index in [4.69, 9.17) is 0 Å². The summed E-state index contributed by atoms with van der Waals surface area (Å²) in [6.45, 7) is 0.503. The van der Waals surface area contributed by atoms with Crippen molar-refractivity contribution >= 4 is 38.6 Å². The van der Waals surface area contributed by atoms with Crippen molar-refractivity contribution in [1.82, 2.24) is 15.0 Å². The number of para-hydroxylation sites is 1. The molecule has 1 heterocycles. The summed E-state index contributed by atoms with van der Waals surface area (Å²) < 4.78 is 2.73. The summed E-state index contributed by atoms with van der Waals surface area (Å²) in [5, 5.41) is 11.0. The fraction of sp³-hybridized carbons (Fsp3) is 0.133. The lowest BCUT2D eigenvalue weighted by Crippen LogP contribution is -2.15. The number of aryl methyl sites for hydroxylation is 1. The summed E-state index contributed by atoms with van der Waals surface area (Å²) in [4.78, 5) is 11.9. The van der Waals surface area contributed by atoms with E-state index in [0.717, 1.165) is 21.2 Å². The van der Waals surface area contributed by atoms with E-state index in [9.17, 15) is 4.79 Å². The second-order valence-corrected chi connectivity index (χ2v) is 5.52. The predicted octanol–water partition coefficient (Wildman–Crippen LogP) is 3.22. The molecule has 0 saturated carbocycles. The second kappa shape index (κ2) is 6.05. The lowest BCUT2D eigenvalue weighted by Gasteiger charge is -2.05. The van der Waals surface area contributed by atoms with Gasteiger partial charge in [0.1, 0.15) is 5.52 Å². The predicted molar refractivity (Wildman–Crippen MR) is 84.9 cm³/mol. The molecule has 3 aromatic rings. The van der Waals surface area contributed by atoms with Gasteiger partial charge in [0.15, 0.2) is 0 Å². The first kappa shape index (κ1) is 13.8. The van der Waals surface area contributed by atoms with E-state index in [1.165, 1.54) is 0 Å². The highest BCUT2D eigenvalue weighted by atomic mass is 79.9. The van der Waals surface area contributed by atoms with Crippen molar-refractivity contribution in [3.8, 4) is 0 Å². The van der Waals surface area contributed by atoms with Gasteiger partial charge in [0, 0.05) is 16.6 Å². The third-order valence-electron chi connectivity index (χ3n) is 3.10. The molecule has 0 aliphatic carbocycles. The van der Waals surface area contributed by atoms with Crippen LogP contribution in [-0.4, -0.2) is 20.9 Å². The Morgan fingerprint density at radius 1 is 1.14 bits per heavy atom. The number of nitrogens with zero attached hydrogens (tertiary/aromatic N) is 3. The zero-order chi connectivity index (χ0) is 14.7. The molecule has 1 N–H and O–H groups in total. The van der Waals surface area contributed by atoms with Gasteiger partial charge >= 0.3 is 0 Å². The van der Waals surface area contributed by atoms with Crippen molar-refractivity contribution in [2.75, 3.05) is 5.32 Å². The molecule has 6 heteroatoms. The maximum Gasteiger partial charge on any atom is 0.226 e. The van der Waals surface area contributed by atoms with Crippen LogP contribution in [0.3, 0.4) is 0 Å². The van der Waals surface area contributed by atoms with E-state index in [-0.39, 0.29) is 5.91 Å². The summed E-state index contributed by atoms with van der Waals surface area (Å²) in [6.07, 6.45) is 0.351. The second-order valence-electron chi connectivity index (χ2n) is 4.61. The van der Waals surface area contributed by atoms with Crippen LogP contribution in [0, 0.1) is 0 Å². The van der Waals surface area contributed by atoms with Gasteiger partial charge in [-0.2, -0.15) is 0 Å². The monoisotopic (exact) mass is 344 g/mol. The van der Waals surface area contributed by atoms with Crippen LogP contribution in [0.1, 0.15) is 6.42 Å². The van der Waals surface area contributed by atoms with Crippen molar-refractivity contribution in [3.63, 3.8) is 0 Å². The number of anilines is 1. The number of aromatic nitrogens is 3. The molecule has 5 nitrogen and oxygen atoms in total. The molecule has 0 bridgehead atoms. The number of amides is 1. The highest BCUT2D eigenvalue weighted by Crippen LogP contribution is 2.14. The van der Waals surface area contributed by atoms with Crippen molar-refractivity contribution in [2.45, 2.75) is 13.0 Å². The number of halogens is 1. The molecule has 106 valence electrons. The van der Waals surface area contributed by atoms with Gasteiger partial charge in [0.05, 0.1) is 12.1 Å². The Labute approximate surface area is 130 Å². The molecule has 3 rings (SSSR count). The zero-order valence-electron chi connectivity index (χ0n) is 11.2. The largest absolute Gasteiger partial charge is 0.326 e. The summed E-state index contributed by atoms with van der Waals surface area (Å²) in [5.41, 5.74) is 2.56. The van der Waals surface area contributed by atoms with Gasteiger partial charge in [-0.15, -0.1) is 5.10 Å². The van der Waals surface area contributed by atoms with Crippen LogP contribution >= 0.6 is 15.9 Å². The highest BCUT2D eigenvalue weighted by Gasteiger charge is 2.07. The first-order valence-corrected chi connectivity index (χ1v) is 7.35. The third-order valence-corrected chi connectivity index (χ3v) is 3.63. The molecule has 0 fully saturated rings. The number of benzene rings is 2. The average molecular weight is 345 g/mol. The molecule has 2 aromatic carbocycles. The van der Waals surface area contributed by atoms with Gasteiger partial charge in [-0.25, -0.2) is 4.68 Å². The summed E-state index contributed by atoms with van der Waals surface area (Å²) in [7, 11) is 0. The van der Waals surface area contributed by atoms with Gasteiger partial charge in [-0.3, -0.25) is 4.79 Å². The van der Waals surface area contributed by atoms with Gasteiger partial charge in [-0.1, -0.05) is 33.3 Å². The third kappa shape index (κ3) is 3.28. The number of carbonyl (C=O) groups excluding carboxylic acids is 1. The Morgan fingerprint density at radius 2 is 1.90 bits per heavy atom. The molecule has 0 spiro atoms. The molecule has 1 amide bonds. The molecule has 0 atom stereocenters. The number of fused-ring (bicyclic) bond motifs is 1. The molecular formula is C15H13BrN4O. The Kier molecular flexibility index (Phi) is 3.96. The zero-order valence-corrected chi connectivity index (χ0v) is 12.7. The van der Waals surface area contributed by atoms with E-state index >= 15 is 0 Å². The van der Waals surface area contributed by atoms with Crippen LogP contribution in [0.2, 0.25) is 0 Å². The Morgan fingerprint density at radius 3 is 2.71 bits per heavy atom. The lowest BCUT2D eigenvalue weighted by atomic mass is 10.3. The minimum atomic E-state index is -0.0445. The summed E-state index contributed by atoms with van der Waals surface area (Å²) in [6, 6.07) is 15.2. The minimum Gasteiger partial charge on any atom is -0.326 e. The molecule has 21 heavy (non-hydrogen) atoms. The number of hydrogen-bond acceptors (Lipinski definition) is 3. The standard InChI is InChI=1S/C15H13BrN4O/c16-11-5-7-12(8-6-11)17-15(21)9-10-20-14-4-2-1-3-13(14)18-19-20/h1-8H,9-10H2,(H,17,21). The van der Waals surface area contributed by atoms with Gasteiger partial charge < -0.3 is 5.32 Å². The maximum absolute atomic E-state index is 11.9. The van der Waals surface area contributed by atoms with Crippen LogP contribution in [0.4, 0.5) is 5.69 Å². The first-order valence-electron chi connectivity index (χ1n) is 6.56. The van der Waals surface area contributed by atoms with Crippen molar-refractivity contribution in [2.24, 2.45) is 0 Å². The summed E-state index contributed by atoms with van der Waals surface area (Å²) >= 11 is 3.36. The Bertz CT molecular complexity index is 767. The maximum atomic E-state index is 11.9. The van der Waals surface area contributed by atoms with Crippen molar-refractivity contribution < 1.29 is 4.79 Å². The SMILES string of the molecule is O=C(CCn1nnc2ccccc21)Nc1ccc(Br)cc1. The smallest absolute Gasteiger partial charge is 0.226 e. The Balaban J connectivity index is 1.62. The summed E-state index contributed by atoms with van der Waals surface area (Å²) in [5.74, 6) is -0.0445. The normalized spacial score (nSPS) is 10.7. The number of rotatable bonds is 4. The Hall–Kier alpha value is -2.21. The minimum absolute atomic E-state index is 0.0445. The van der Waals surface area contributed by atoms with E-state index in [1.54, 1.807) is 4.68 Å². The van der Waals surface area contributed by atoms with Crippen LogP contribution in [0.15, 0.2) is 53.0 Å². The fourth-order valence-corrected chi connectivity index (χ4v) is 2.31. The van der Waals surface area contributed by atoms with Gasteiger partial charge in [-0.05, 0) is 36.4 Å². The molecule has 0 aliphatic heterocycles. The molecule has 0 unspecified atom stereocenters. The van der Waals surface area contributed by atoms with E-state index in [0.29, 0.717) is 13.0 Å². The molecule has 0 aliphatic rings. The number of nitrogens with one attached hydrogen (secondary N) is 1. The number of hydrogen-bond donors (Lipinski definition) is 1. The first-order chi connectivity index (χ1) is 10.2. The van der Waals surface area contributed by atoms with Crippen molar-refractivity contribution in [1.29, 1.82) is 0 Å². The highest BCUT2D eigenvalue weighted by molar-refractivity contribution is 9.10. The van der Waals surface area contributed by atoms with E-state index < -0.39 is 0 Å². The van der Waals surface area contributed by atoms with Crippen LogP contribution in [0.25, 0.3) is 11.0 Å². The fourth-order valence-electron chi connectivity index (χ4n) is 2.05.